The predicted molar refractivity (Wildman–Crippen MR) is 330 cm³/mol. The first-order chi connectivity index (χ1) is 39.1. The minimum Gasteiger partial charge on any atom is -0.390 e. The SMILES string of the molecule is C/C=C/C[C@@H](C)[C@H](O)C(C(=O)N[C@H](CC)C(=O)N(C)CC(=O)N(C)[C@H](C(N)=O)C(C)C)N(C)C(=O)[C@H](C(C)C)N(C)C(=O)[C@@H](CC(C)C)N(C)C(=O)[C@@H](CC(C)C)N(C)C(=O)[C@H](C)NC(=O)[C@@H](C)NC(=O)[C@H](CC(C)C)N(C)C(=O)[C@H](C)C(C)C. The van der Waals surface area contributed by atoms with E-state index in [9.17, 15) is 48.3 Å². The molecule has 0 heterocycles. The van der Waals surface area contributed by atoms with E-state index in [0.29, 0.717) is 12.8 Å². The average Bonchev–Trinajstić information content (AvgIpc) is 2.55. The largest absolute Gasteiger partial charge is 0.390 e. The van der Waals surface area contributed by atoms with Crippen LogP contribution in [0.3, 0.4) is 0 Å². The number of aliphatic hydroxyl groups excluding tert-OH is 1. The van der Waals surface area contributed by atoms with Crippen molar-refractivity contribution in [3.63, 3.8) is 0 Å². The van der Waals surface area contributed by atoms with Gasteiger partial charge < -0.3 is 61.1 Å². The van der Waals surface area contributed by atoms with Crippen molar-refractivity contribution in [3.8, 4) is 0 Å². The van der Waals surface area contributed by atoms with Crippen LogP contribution in [0.25, 0.3) is 0 Å². The molecule has 0 aliphatic carbocycles. The average molecular weight is 1200 g/mol. The molecule has 6 N–H and O–H groups in total. The van der Waals surface area contributed by atoms with Gasteiger partial charge in [0.1, 0.15) is 54.4 Å². The molecule has 1 unspecified atom stereocenters. The summed E-state index contributed by atoms with van der Waals surface area (Å²) < 4.78 is 0. The molecular weight excluding hydrogens is 1090 g/mol. The number of carbonyl (C=O) groups is 11. The smallest absolute Gasteiger partial charge is 0.246 e. The van der Waals surface area contributed by atoms with Gasteiger partial charge in [-0.2, -0.15) is 0 Å². The maximum atomic E-state index is 15.1. The summed E-state index contributed by atoms with van der Waals surface area (Å²) in [4.78, 5) is 163. The Morgan fingerprint density at radius 2 is 0.882 bits per heavy atom. The van der Waals surface area contributed by atoms with Crippen LogP contribution in [0, 0.1) is 47.3 Å². The zero-order valence-electron chi connectivity index (χ0n) is 56.4. The molecule has 0 rings (SSSR count). The first-order valence-corrected chi connectivity index (χ1v) is 30.4. The number of aliphatic hydroxyl groups is 1. The van der Waals surface area contributed by atoms with Crippen LogP contribution in [0.2, 0.25) is 0 Å². The molecule has 0 aromatic heterocycles. The fraction of sp³-hybridized carbons (Fsp3) is 0.790. The van der Waals surface area contributed by atoms with Gasteiger partial charge >= 0.3 is 0 Å². The maximum absolute atomic E-state index is 15.1. The van der Waals surface area contributed by atoms with E-state index in [0.717, 1.165) is 9.80 Å². The second-order valence-corrected chi connectivity index (χ2v) is 25.8. The molecule has 0 aliphatic rings. The Kier molecular flexibility index (Phi) is 33.5. The Morgan fingerprint density at radius 1 is 0.459 bits per heavy atom. The van der Waals surface area contributed by atoms with Gasteiger partial charge in [0.2, 0.25) is 65.0 Å². The highest BCUT2D eigenvalue weighted by Crippen LogP contribution is 2.25. The molecule has 11 amide bonds. The number of nitrogens with one attached hydrogen (secondary N) is 3. The number of hydrogen-bond donors (Lipinski definition) is 5. The normalized spacial score (nSPS) is 16.0. The maximum Gasteiger partial charge on any atom is 0.246 e. The third-order valence-corrected chi connectivity index (χ3v) is 16.1. The van der Waals surface area contributed by atoms with Crippen LogP contribution < -0.4 is 21.7 Å². The lowest BCUT2D eigenvalue weighted by Crippen LogP contribution is -2.63. The molecule has 0 bridgehead atoms. The highest BCUT2D eigenvalue weighted by Gasteiger charge is 2.45. The van der Waals surface area contributed by atoms with Gasteiger partial charge in [-0.1, -0.05) is 116 Å². The monoisotopic (exact) mass is 1200 g/mol. The van der Waals surface area contributed by atoms with Gasteiger partial charge in [0.15, 0.2) is 0 Å². The minimum atomic E-state index is -1.60. The molecule has 0 aromatic carbocycles. The lowest BCUT2D eigenvalue weighted by molar-refractivity contribution is -0.157. The summed E-state index contributed by atoms with van der Waals surface area (Å²) in [5, 5.41) is 20.1. The summed E-state index contributed by atoms with van der Waals surface area (Å²) in [6.45, 7) is 31.5. The number of hydrogen-bond acceptors (Lipinski definition) is 12. The van der Waals surface area contributed by atoms with Gasteiger partial charge in [-0.3, -0.25) is 52.7 Å². The Labute approximate surface area is 509 Å². The van der Waals surface area contributed by atoms with Crippen molar-refractivity contribution >= 4 is 65.0 Å². The third kappa shape index (κ3) is 22.9. The van der Waals surface area contributed by atoms with Gasteiger partial charge in [-0.15, -0.1) is 0 Å². The zero-order chi connectivity index (χ0) is 66.6. The van der Waals surface area contributed by atoms with Crippen LogP contribution in [0.15, 0.2) is 12.2 Å². The zero-order valence-corrected chi connectivity index (χ0v) is 56.4. The van der Waals surface area contributed by atoms with Crippen molar-refractivity contribution in [1.29, 1.82) is 0 Å². The summed E-state index contributed by atoms with van der Waals surface area (Å²) >= 11 is 0. The van der Waals surface area contributed by atoms with E-state index in [4.69, 9.17) is 5.73 Å². The number of amides is 11. The molecule has 0 fully saturated rings. The summed E-state index contributed by atoms with van der Waals surface area (Å²) in [5.41, 5.74) is 5.58. The predicted octanol–water partition coefficient (Wildman–Crippen LogP) is 3.50. The fourth-order valence-electron chi connectivity index (χ4n) is 10.4. The quantitative estimate of drug-likeness (QED) is 0.0570. The first-order valence-electron chi connectivity index (χ1n) is 30.4. The number of nitrogens with zero attached hydrogens (tertiary/aromatic N) is 7. The van der Waals surface area contributed by atoms with Crippen LogP contribution in [-0.4, -0.2) is 221 Å². The van der Waals surface area contributed by atoms with Crippen LogP contribution in [0.1, 0.15) is 157 Å². The standard InChI is InChI=1S/C62H113N11O12/c1-26-28-29-40(15)52(75)51(56(79)66-44(27-2)59(82)67(19)33-48(74)71(23)49(38(11)12)53(63)76)73(25)62(85)50(39(13)14)72(24)61(84)47(32-36(7)8)70(22)60(83)46(31-35(5)6)69(21)58(81)43(18)65-54(77)42(17)64-55(78)45(30-34(3)4)68(20)57(80)41(16)37(9)10/h26,28,34-47,49-52,75H,27,29-33H2,1-25H3,(H2,63,76)(H,64,78)(H,65,77)(H,66,79)/b28-26+/t40-,41-,42-,43+,44-,45+,46-,47-,49+,50+,51?,52+/m1/s1. The number of primary amides is 1. The number of allylic oxidation sites excluding steroid dienone is 2. The molecule has 0 aromatic rings. The van der Waals surface area contributed by atoms with Gasteiger partial charge in [0, 0.05) is 55.3 Å². The van der Waals surface area contributed by atoms with Crippen molar-refractivity contribution in [2.75, 3.05) is 55.9 Å². The van der Waals surface area contributed by atoms with Gasteiger partial charge in [0.05, 0.1) is 12.6 Å². The third-order valence-electron chi connectivity index (χ3n) is 16.1. The van der Waals surface area contributed by atoms with Crippen LogP contribution >= 0.6 is 0 Å². The highest BCUT2D eigenvalue weighted by molar-refractivity contribution is 5.98. The van der Waals surface area contributed by atoms with E-state index in [1.54, 1.807) is 67.7 Å². The Hall–Kier alpha value is -6.13. The van der Waals surface area contributed by atoms with E-state index >= 15 is 9.59 Å². The number of likely N-dealkylation sites (N-methyl/N-ethyl adjacent to an activating group) is 7. The fourth-order valence-corrected chi connectivity index (χ4v) is 10.4. The minimum absolute atomic E-state index is 0.0382. The molecule has 12 atom stereocenters. The van der Waals surface area contributed by atoms with Crippen LogP contribution in [0.4, 0.5) is 0 Å². The van der Waals surface area contributed by atoms with Gasteiger partial charge in [0.25, 0.3) is 0 Å². The lowest BCUT2D eigenvalue weighted by Gasteiger charge is -2.41. The first kappa shape index (κ1) is 78.9. The van der Waals surface area contributed by atoms with E-state index in [-0.39, 0.29) is 60.7 Å². The molecule has 0 aliphatic heterocycles. The molecule has 0 radical (unpaired) electrons. The van der Waals surface area contributed by atoms with Crippen molar-refractivity contribution in [3.05, 3.63) is 12.2 Å². The molecule has 23 nitrogen and oxygen atoms in total. The van der Waals surface area contributed by atoms with Gasteiger partial charge in [-0.05, 0) is 94.3 Å². The molecule has 0 saturated carbocycles. The molecule has 488 valence electrons. The van der Waals surface area contributed by atoms with Crippen molar-refractivity contribution in [2.24, 2.45) is 53.1 Å². The molecule has 85 heavy (non-hydrogen) atoms. The molecule has 23 heteroatoms. The van der Waals surface area contributed by atoms with E-state index in [2.05, 4.69) is 16.0 Å². The number of rotatable bonds is 35. The Balaban J connectivity index is 7.06. The van der Waals surface area contributed by atoms with E-state index in [1.165, 1.54) is 80.6 Å². The number of nitrogens with two attached hydrogens (primary N) is 1. The van der Waals surface area contributed by atoms with Crippen LogP contribution in [-0.2, 0) is 52.7 Å². The summed E-state index contributed by atoms with van der Waals surface area (Å²) in [5.74, 6) is -8.79. The second-order valence-electron chi connectivity index (χ2n) is 25.8. The Bertz CT molecular complexity index is 2290. The summed E-state index contributed by atoms with van der Waals surface area (Å²) in [6, 6.07) is -10.5. The summed E-state index contributed by atoms with van der Waals surface area (Å²) in [6.07, 6.45) is 3.11. The number of carbonyl (C=O) groups excluding carboxylic acids is 11. The van der Waals surface area contributed by atoms with Crippen molar-refractivity contribution < 1.29 is 57.8 Å². The molecule has 0 spiro atoms. The molecular formula is C62H113N11O12. The van der Waals surface area contributed by atoms with E-state index in [1.807, 2.05) is 62.3 Å². The lowest BCUT2D eigenvalue weighted by atomic mass is 9.91. The van der Waals surface area contributed by atoms with Crippen molar-refractivity contribution in [2.45, 2.75) is 217 Å². The topological polar surface area (TPSA) is 293 Å². The second kappa shape index (κ2) is 36.1. The van der Waals surface area contributed by atoms with Gasteiger partial charge in [-0.25, -0.2) is 0 Å². The highest BCUT2D eigenvalue weighted by atomic mass is 16.3. The molecule has 0 saturated heterocycles. The Morgan fingerprint density at radius 3 is 1.31 bits per heavy atom. The van der Waals surface area contributed by atoms with E-state index < -0.39 is 138 Å². The van der Waals surface area contributed by atoms with Crippen LogP contribution in [0.5, 0.6) is 0 Å². The van der Waals surface area contributed by atoms with Crippen molar-refractivity contribution in [1.82, 2.24) is 50.2 Å². The summed E-state index contributed by atoms with van der Waals surface area (Å²) in [7, 11) is 10.0.